The van der Waals surface area contributed by atoms with E-state index in [0.29, 0.717) is 25.3 Å². The Balaban J connectivity index is 2.27. The number of rotatable bonds is 4. The number of aliphatic carboxylic acids is 1. The molecule has 0 radical (unpaired) electrons. The van der Waals surface area contributed by atoms with Gasteiger partial charge in [0, 0.05) is 13.1 Å². The molecule has 1 atom stereocenters. The molecule has 1 fully saturated rings. The minimum atomic E-state index is -0.777. The summed E-state index contributed by atoms with van der Waals surface area (Å²) in [7, 11) is 0. The molecule has 0 saturated carbocycles. The summed E-state index contributed by atoms with van der Waals surface area (Å²) in [6.45, 7) is 4.85. The summed E-state index contributed by atoms with van der Waals surface area (Å²) < 4.78 is 0. The summed E-state index contributed by atoms with van der Waals surface area (Å²) in [5.74, 6) is -0.727. The van der Waals surface area contributed by atoms with Crippen molar-refractivity contribution in [2.45, 2.75) is 20.3 Å². The van der Waals surface area contributed by atoms with E-state index in [4.69, 9.17) is 5.73 Å². The van der Waals surface area contributed by atoms with E-state index in [2.05, 4.69) is 4.98 Å². The average Bonchev–Trinajstić information content (AvgIpc) is 2.85. The smallest absolute Gasteiger partial charge is 0.311 e. The first-order chi connectivity index (χ1) is 9.36. The van der Waals surface area contributed by atoms with Crippen LogP contribution in [0.4, 0.5) is 5.82 Å². The van der Waals surface area contributed by atoms with Crippen LogP contribution in [0.1, 0.15) is 30.8 Å². The van der Waals surface area contributed by atoms with Crippen molar-refractivity contribution in [2.75, 3.05) is 18.0 Å². The van der Waals surface area contributed by atoms with E-state index >= 15 is 0 Å². The number of hydrogen-bond acceptors (Lipinski definition) is 4. The number of anilines is 1. The standard InChI is InChI=1S/C14H19N3O3/c1-9(2)14(13(19)20)6-7-17(8-14)11-5-3-4-10(16-11)12(15)18/h3-5,9H,6-8H2,1-2H3,(H2,15,18)(H,19,20). The molecule has 1 amide bonds. The molecule has 1 unspecified atom stereocenters. The number of primary amides is 1. The van der Waals surface area contributed by atoms with Crippen LogP contribution in [0.15, 0.2) is 18.2 Å². The third-order valence-electron chi connectivity index (χ3n) is 4.14. The van der Waals surface area contributed by atoms with E-state index < -0.39 is 17.3 Å². The van der Waals surface area contributed by atoms with Gasteiger partial charge < -0.3 is 15.7 Å². The highest BCUT2D eigenvalue weighted by molar-refractivity contribution is 5.91. The first-order valence-corrected chi connectivity index (χ1v) is 6.62. The van der Waals surface area contributed by atoms with Gasteiger partial charge in [-0.1, -0.05) is 19.9 Å². The third-order valence-corrected chi connectivity index (χ3v) is 4.14. The summed E-state index contributed by atoms with van der Waals surface area (Å²) in [4.78, 5) is 28.9. The Kier molecular flexibility index (Phi) is 3.65. The highest BCUT2D eigenvalue weighted by atomic mass is 16.4. The minimum absolute atomic E-state index is 0.0318. The molecule has 1 aliphatic rings. The third kappa shape index (κ3) is 2.33. The van der Waals surface area contributed by atoms with Gasteiger partial charge in [-0.25, -0.2) is 4.98 Å². The number of amides is 1. The Bertz CT molecular complexity index is 544. The molecule has 0 spiro atoms. The second-order valence-electron chi connectivity index (χ2n) is 5.53. The van der Waals surface area contributed by atoms with E-state index in [9.17, 15) is 14.7 Å². The van der Waals surface area contributed by atoms with Crippen molar-refractivity contribution in [3.8, 4) is 0 Å². The number of carboxylic acids is 1. The lowest BCUT2D eigenvalue weighted by molar-refractivity contribution is -0.150. The molecule has 1 aliphatic heterocycles. The molecular formula is C14H19N3O3. The summed E-state index contributed by atoms with van der Waals surface area (Å²) in [6.07, 6.45) is 0.572. The maximum Gasteiger partial charge on any atom is 0.311 e. The second kappa shape index (κ2) is 5.11. The van der Waals surface area contributed by atoms with Crippen molar-refractivity contribution in [3.05, 3.63) is 23.9 Å². The van der Waals surface area contributed by atoms with Gasteiger partial charge in [0.2, 0.25) is 0 Å². The molecule has 1 aromatic rings. The van der Waals surface area contributed by atoms with Gasteiger partial charge in [-0.2, -0.15) is 0 Å². The van der Waals surface area contributed by atoms with Gasteiger partial charge in [-0.15, -0.1) is 0 Å². The van der Waals surface area contributed by atoms with Crippen LogP contribution in [-0.4, -0.2) is 35.1 Å². The fourth-order valence-corrected chi connectivity index (χ4v) is 2.66. The number of nitrogens with zero attached hydrogens (tertiary/aromatic N) is 2. The summed E-state index contributed by atoms with van der Waals surface area (Å²) in [5, 5.41) is 9.52. The van der Waals surface area contributed by atoms with Crippen molar-refractivity contribution >= 4 is 17.7 Å². The van der Waals surface area contributed by atoms with Crippen molar-refractivity contribution in [1.82, 2.24) is 4.98 Å². The van der Waals surface area contributed by atoms with Crippen LogP contribution in [0, 0.1) is 11.3 Å². The van der Waals surface area contributed by atoms with E-state index in [1.807, 2.05) is 18.7 Å². The topological polar surface area (TPSA) is 96.5 Å². The van der Waals surface area contributed by atoms with Crippen LogP contribution in [0.3, 0.4) is 0 Å². The lowest BCUT2D eigenvalue weighted by Gasteiger charge is -2.29. The summed E-state index contributed by atoms with van der Waals surface area (Å²) >= 11 is 0. The lowest BCUT2D eigenvalue weighted by atomic mass is 9.76. The molecule has 0 aromatic carbocycles. The number of hydrogen-bond donors (Lipinski definition) is 2. The van der Waals surface area contributed by atoms with Crippen LogP contribution in [-0.2, 0) is 4.79 Å². The first-order valence-electron chi connectivity index (χ1n) is 6.62. The highest BCUT2D eigenvalue weighted by Crippen LogP contribution is 2.39. The SMILES string of the molecule is CC(C)C1(C(=O)O)CCN(c2cccc(C(N)=O)n2)C1. The average molecular weight is 277 g/mol. The Morgan fingerprint density at radius 3 is 2.65 bits per heavy atom. The van der Waals surface area contributed by atoms with Crippen molar-refractivity contribution in [3.63, 3.8) is 0 Å². The normalized spacial score (nSPS) is 22.2. The molecule has 1 aromatic heterocycles. The second-order valence-corrected chi connectivity index (χ2v) is 5.53. The Hall–Kier alpha value is -2.11. The monoisotopic (exact) mass is 277 g/mol. The zero-order valence-corrected chi connectivity index (χ0v) is 11.7. The molecule has 3 N–H and O–H groups in total. The molecule has 0 bridgehead atoms. The molecule has 2 heterocycles. The predicted octanol–water partition coefficient (Wildman–Crippen LogP) is 1.12. The summed E-state index contributed by atoms with van der Waals surface area (Å²) in [5.41, 5.74) is 4.65. The maximum atomic E-state index is 11.6. The van der Waals surface area contributed by atoms with E-state index in [1.54, 1.807) is 18.2 Å². The van der Waals surface area contributed by atoms with Crippen LogP contribution in [0.25, 0.3) is 0 Å². The number of carboxylic acid groups (broad SMARTS) is 1. The number of carbonyl (C=O) groups excluding carboxylic acids is 1. The van der Waals surface area contributed by atoms with Gasteiger partial charge in [-0.05, 0) is 24.5 Å². The molecule has 6 heteroatoms. The number of carbonyl (C=O) groups is 2. The predicted molar refractivity (Wildman–Crippen MR) is 74.5 cm³/mol. The lowest BCUT2D eigenvalue weighted by Crippen LogP contribution is -2.39. The fraction of sp³-hybridized carbons (Fsp3) is 0.500. The number of aromatic nitrogens is 1. The van der Waals surface area contributed by atoms with Crippen LogP contribution >= 0.6 is 0 Å². The molecule has 6 nitrogen and oxygen atoms in total. The molecule has 1 saturated heterocycles. The van der Waals surface area contributed by atoms with Crippen molar-refractivity contribution in [2.24, 2.45) is 17.1 Å². The van der Waals surface area contributed by atoms with E-state index in [1.165, 1.54) is 0 Å². The Morgan fingerprint density at radius 1 is 1.45 bits per heavy atom. The zero-order chi connectivity index (χ0) is 14.9. The molecule has 2 rings (SSSR count). The Labute approximate surface area is 117 Å². The van der Waals surface area contributed by atoms with Crippen molar-refractivity contribution in [1.29, 1.82) is 0 Å². The van der Waals surface area contributed by atoms with Crippen LogP contribution < -0.4 is 10.6 Å². The fourth-order valence-electron chi connectivity index (χ4n) is 2.66. The van der Waals surface area contributed by atoms with Crippen molar-refractivity contribution < 1.29 is 14.7 Å². The number of pyridine rings is 1. The molecule has 108 valence electrons. The Morgan fingerprint density at radius 2 is 2.15 bits per heavy atom. The largest absolute Gasteiger partial charge is 0.481 e. The van der Waals surface area contributed by atoms with Crippen LogP contribution in [0.2, 0.25) is 0 Å². The van der Waals surface area contributed by atoms with Gasteiger partial charge in [-0.3, -0.25) is 9.59 Å². The molecular weight excluding hydrogens is 258 g/mol. The van der Waals surface area contributed by atoms with E-state index in [-0.39, 0.29) is 11.6 Å². The quantitative estimate of drug-likeness (QED) is 0.859. The first kappa shape index (κ1) is 14.3. The number of nitrogens with two attached hydrogens (primary N) is 1. The summed E-state index contributed by atoms with van der Waals surface area (Å²) in [6, 6.07) is 5.03. The highest BCUT2D eigenvalue weighted by Gasteiger charge is 2.47. The minimum Gasteiger partial charge on any atom is -0.481 e. The van der Waals surface area contributed by atoms with E-state index in [0.717, 1.165) is 0 Å². The molecule has 20 heavy (non-hydrogen) atoms. The maximum absolute atomic E-state index is 11.6. The van der Waals surface area contributed by atoms with Gasteiger partial charge in [0.25, 0.3) is 5.91 Å². The van der Waals surface area contributed by atoms with Gasteiger partial charge in [0.05, 0.1) is 5.41 Å². The van der Waals surface area contributed by atoms with Crippen LogP contribution in [0.5, 0.6) is 0 Å². The molecule has 0 aliphatic carbocycles. The van der Waals surface area contributed by atoms with Gasteiger partial charge in [0.15, 0.2) is 0 Å². The van der Waals surface area contributed by atoms with Gasteiger partial charge >= 0.3 is 5.97 Å². The van der Waals surface area contributed by atoms with Gasteiger partial charge in [0.1, 0.15) is 11.5 Å². The zero-order valence-electron chi connectivity index (χ0n) is 11.7.